The number of rotatable bonds is 4. The fraction of sp³-hybridized carbons (Fsp3) is 0.308. The maximum atomic E-state index is 11.8. The molecule has 21 heavy (non-hydrogen) atoms. The third-order valence-corrected chi connectivity index (χ3v) is 3.22. The first-order chi connectivity index (χ1) is 9.92. The van der Waals surface area contributed by atoms with Crippen LogP contribution in [0.1, 0.15) is 17.4 Å². The second-order valence-corrected chi connectivity index (χ2v) is 5.32. The largest absolute Gasteiger partial charge is 0.464 e. The van der Waals surface area contributed by atoms with Crippen molar-refractivity contribution in [3.63, 3.8) is 0 Å². The summed E-state index contributed by atoms with van der Waals surface area (Å²) in [4.78, 5) is 19.7. The summed E-state index contributed by atoms with van der Waals surface area (Å²) in [7, 11) is 1.32. The van der Waals surface area contributed by atoms with E-state index in [2.05, 4.69) is 9.97 Å². The molecule has 8 heteroatoms. The molecule has 1 unspecified atom stereocenters. The zero-order valence-electron chi connectivity index (χ0n) is 11.5. The maximum absolute atomic E-state index is 11.8. The molecular weight excluding hydrogens is 315 g/mol. The number of methoxy groups -OCH3 is 1. The van der Waals surface area contributed by atoms with E-state index in [1.807, 2.05) is 6.92 Å². The average Bonchev–Trinajstić information content (AvgIpc) is 2.83. The zero-order chi connectivity index (χ0) is 15.6. The van der Waals surface area contributed by atoms with Crippen molar-refractivity contribution >= 4 is 29.2 Å². The Labute approximate surface area is 131 Å². The van der Waals surface area contributed by atoms with E-state index in [9.17, 15) is 4.79 Å². The van der Waals surface area contributed by atoms with Crippen LogP contribution in [0.4, 0.5) is 0 Å². The number of esters is 1. The van der Waals surface area contributed by atoms with Crippen molar-refractivity contribution in [1.82, 2.24) is 14.5 Å². The highest BCUT2D eigenvalue weighted by molar-refractivity contribution is 6.33. The smallest absolute Gasteiger partial charge is 0.354 e. The van der Waals surface area contributed by atoms with Crippen molar-refractivity contribution in [2.24, 2.45) is 5.73 Å². The molecule has 0 aliphatic rings. The van der Waals surface area contributed by atoms with Gasteiger partial charge in [-0.05, 0) is 24.6 Å². The van der Waals surface area contributed by atoms with E-state index in [0.717, 1.165) is 0 Å². The summed E-state index contributed by atoms with van der Waals surface area (Å²) in [5.74, 6) is -0.460. The summed E-state index contributed by atoms with van der Waals surface area (Å²) in [6.07, 6.45) is 3.15. The second kappa shape index (κ2) is 6.43. The van der Waals surface area contributed by atoms with Crippen LogP contribution < -0.4 is 5.73 Å². The van der Waals surface area contributed by atoms with E-state index in [1.165, 1.54) is 13.3 Å². The minimum Gasteiger partial charge on any atom is -0.464 e. The molecule has 0 aromatic carbocycles. The molecule has 0 aliphatic heterocycles. The van der Waals surface area contributed by atoms with Gasteiger partial charge in [0.2, 0.25) is 5.28 Å². The monoisotopic (exact) mass is 328 g/mol. The van der Waals surface area contributed by atoms with Crippen molar-refractivity contribution in [3.05, 3.63) is 34.5 Å². The molecule has 2 heterocycles. The molecule has 112 valence electrons. The fourth-order valence-electron chi connectivity index (χ4n) is 1.92. The lowest BCUT2D eigenvalue weighted by Crippen LogP contribution is -2.24. The van der Waals surface area contributed by atoms with E-state index in [-0.39, 0.29) is 11.3 Å². The van der Waals surface area contributed by atoms with Gasteiger partial charge in [-0.3, -0.25) is 0 Å². The number of hydrogen-bond acceptors (Lipinski definition) is 5. The first kappa shape index (κ1) is 15.8. The van der Waals surface area contributed by atoms with Gasteiger partial charge in [-0.15, -0.1) is 0 Å². The first-order valence-corrected chi connectivity index (χ1v) is 6.90. The van der Waals surface area contributed by atoms with Gasteiger partial charge in [0.15, 0.2) is 0 Å². The van der Waals surface area contributed by atoms with Gasteiger partial charge in [0.1, 0.15) is 5.69 Å². The quantitative estimate of drug-likeness (QED) is 0.688. The van der Waals surface area contributed by atoms with E-state index in [4.69, 9.17) is 33.7 Å². The molecule has 6 nitrogen and oxygen atoms in total. The summed E-state index contributed by atoms with van der Waals surface area (Å²) in [5.41, 5.74) is 7.26. The number of ether oxygens (including phenoxy) is 1. The predicted octanol–water partition coefficient (Wildman–Crippen LogP) is 2.39. The van der Waals surface area contributed by atoms with Crippen LogP contribution >= 0.6 is 23.2 Å². The van der Waals surface area contributed by atoms with Crippen molar-refractivity contribution in [1.29, 1.82) is 0 Å². The second-order valence-electron chi connectivity index (χ2n) is 4.57. The molecule has 0 radical (unpaired) electrons. The van der Waals surface area contributed by atoms with Crippen LogP contribution in [-0.4, -0.2) is 33.7 Å². The summed E-state index contributed by atoms with van der Waals surface area (Å²) < 4.78 is 6.48. The van der Waals surface area contributed by atoms with Crippen LogP contribution in [0.5, 0.6) is 0 Å². The Kier molecular flexibility index (Phi) is 4.82. The van der Waals surface area contributed by atoms with E-state index in [0.29, 0.717) is 28.5 Å². The van der Waals surface area contributed by atoms with Gasteiger partial charge >= 0.3 is 5.97 Å². The number of nitrogens with two attached hydrogens (primary N) is 1. The standard InChI is InChI=1S/C13H14Cl2N4O2/c1-7(16)5-19-6-8(3-10(19)12(20)21-2)11-9(14)4-17-13(15)18-11/h3-4,6-7H,5,16H2,1-2H3. The normalized spacial score (nSPS) is 12.2. The zero-order valence-corrected chi connectivity index (χ0v) is 13.0. The number of halogens is 2. The predicted molar refractivity (Wildman–Crippen MR) is 80.5 cm³/mol. The third-order valence-electron chi connectivity index (χ3n) is 2.76. The van der Waals surface area contributed by atoms with Crippen molar-refractivity contribution in [3.8, 4) is 11.3 Å². The fourth-order valence-corrected chi connectivity index (χ4v) is 2.26. The van der Waals surface area contributed by atoms with Crippen LogP contribution in [0, 0.1) is 0 Å². The Morgan fingerprint density at radius 3 is 2.86 bits per heavy atom. The molecule has 1 atom stereocenters. The molecule has 2 aromatic heterocycles. The Morgan fingerprint density at radius 1 is 1.52 bits per heavy atom. The average molecular weight is 329 g/mol. The Morgan fingerprint density at radius 2 is 2.24 bits per heavy atom. The minimum absolute atomic E-state index is 0.0777. The van der Waals surface area contributed by atoms with Gasteiger partial charge in [0.05, 0.1) is 24.0 Å². The summed E-state index contributed by atoms with van der Waals surface area (Å²) >= 11 is 11.9. The molecule has 0 aliphatic carbocycles. The van der Waals surface area contributed by atoms with E-state index in [1.54, 1.807) is 16.8 Å². The topological polar surface area (TPSA) is 83.0 Å². The highest BCUT2D eigenvalue weighted by atomic mass is 35.5. The summed E-state index contributed by atoms with van der Waals surface area (Å²) in [6, 6.07) is 1.51. The van der Waals surface area contributed by atoms with Crippen molar-refractivity contribution in [2.75, 3.05) is 7.11 Å². The first-order valence-electron chi connectivity index (χ1n) is 6.15. The van der Waals surface area contributed by atoms with Crippen LogP contribution in [0.15, 0.2) is 18.5 Å². The molecule has 0 fully saturated rings. The molecule has 0 bridgehead atoms. The Bertz CT molecular complexity index is 670. The molecule has 0 amide bonds. The van der Waals surface area contributed by atoms with E-state index >= 15 is 0 Å². The minimum atomic E-state index is -0.460. The Balaban J connectivity index is 2.52. The number of carbonyl (C=O) groups is 1. The molecule has 0 saturated carbocycles. The van der Waals surface area contributed by atoms with Gasteiger partial charge in [0, 0.05) is 24.3 Å². The maximum Gasteiger partial charge on any atom is 0.354 e. The number of hydrogen-bond donors (Lipinski definition) is 1. The summed E-state index contributed by atoms with van der Waals surface area (Å²) in [6.45, 7) is 2.30. The number of aromatic nitrogens is 3. The van der Waals surface area contributed by atoms with Gasteiger partial charge in [-0.2, -0.15) is 0 Å². The van der Waals surface area contributed by atoms with Crippen molar-refractivity contribution < 1.29 is 9.53 Å². The molecule has 2 N–H and O–H groups in total. The highest BCUT2D eigenvalue weighted by Crippen LogP contribution is 2.28. The molecule has 0 spiro atoms. The van der Waals surface area contributed by atoms with Crippen molar-refractivity contribution in [2.45, 2.75) is 19.5 Å². The van der Waals surface area contributed by atoms with Crippen LogP contribution in [0.3, 0.4) is 0 Å². The Hall–Kier alpha value is -1.63. The molecule has 0 saturated heterocycles. The van der Waals surface area contributed by atoms with Gasteiger partial charge in [0.25, 0.3) is 0 Å². The molecule has 2 aromatic rings. The van der Waals surface area contributed by atoms with Gasteiger partial charge in [-0.1, -0.05) is 11.6 Å². The molecular formula is C13H14Cl2N4O2. The lowest BCUT2D eigenvalue weighted by molar-refractivity contribution is 0.0588. The molecule has 2 rings (SSSR count). The van der Waals surface area contributed by atoms with Gasteiger partial charge < -0.3 is 15.0 Å². The SMILES string of the molecule is COC(=O)c1cc(-c2nc(Cl)ncc2Cl)cn1CC(C)N. The van der Waals surface area contributed by atoms with Crippen LogP contribution in [0.25, 0.3) is 11.3 Å². The van der Waals surface area contributed by atoms with Crippen LogP contribution in [-0.2, 0) is 11.3 Å². The third kappa shape index (κ3) is 3.53. The lowest BCUT2D eigenvalue weighted by atomic mass is 10.2. The van der Waals surface area contributed by atoms with Crippen LogP contribution in [0.2, 0.25) is 10.3 Å². The number of carbonyl (C=O) groups excluding carboxylic acids is 1. The lowest BCUT2D eigenvalue weighted by Gasteiger charge is -2.09. The number of nitrogens with zero attached hydrogens (tertiary/aromatic N) is 3. The summed E-state index contributed by atoms with van der Waals surface area (Å²) in [5, 5.41) is 0.419. The highest BCUT2D eigenvalue weighted by Gasteiger charge is 2.18. The van der Waals surface area contributed by atoms with E-state index < -0.39 is 5.97 Å². The van der Waals surface area contributed by atoms with Gasteiger partial charge in [-0.25, -0.2) is 14.8 Å².